The Labute approximate surface area is 100 Å². The number of benzene rings is 1. The van der Waals surface area contributed by atoms with Gasteiger partial charge in [0.1, 0.15) is 17.1 Å². The van der Waals surface area contributed by atoms with Gasteiger partial charge >= 0.3 is 0 Å². The predicted molar refractivity (Wildman–Crippen MR) is 62.4 cm³/mol. The van der Waals surface area contributed by atoms with Gasteiger partial charge in [0, 0.05) is 5.56 Å². The number of nitrogens with zero attached hydrogens (tertiary/aromatic N) is 4. The molecule has 2 heterocycles. The van der Waals surface area contributed by atoms with E-state index in [4.69, 9.17) is 0 Å². The summed E-state index contributed by atoms with van der Waals surface area (Å²) in [5.74, 6) is 0.834. The summed E-state index contributed by atoms with van der Waals surface area (Å²) in [4.78, 5) is 4.01. The van der Waals surface area contributed by atoms with Gasteiger partial charge in [-0.2, -0.15) is 5.10 Å². The molecule has 2 aromatic heterocycles. The van der Waals surface area contributed by atoms with Gasteiger partial charge in [-0.15, -0.1) is 10.2 Å². The Morgan fingerprint density at radius 2 is 1.82 bits per heavy atom. The van der Waals surface area contributed by atoms with E-state index in [1.807, 2.05) is 0 Å². The van der Waals surface area contributed by atoms with Gasteiger partial charge in [0.25, 0.3) is 0 Å². The fraction of sp³-hybridized carbons (Fsp3) is 0. The minimum atomic E-state index is 0.230. The highest BCUT2D eigenvalue weighted by Gasteiger charge is 2.10. The highest BCUT2D eigenvalue weighted by Crippen LogP contribution is 2.28. The van der Waals surface area contributed by atoms with Crippen LogP contribution in [-0.4, -0.2) is 30.5 Å². The fourth-order valence-electron chi connectivity index (χ4n) is 1.35. The van der Waals surface area contributed by atoms with Crippen LogP contribution in [0.2, 0.25) is 0 Å². The van der Waals surface area contributed by atoms with Crippen molar-refractivity contribution < 1.29 is 5.11 Å². The molecule has 0 saturated heterocycles. The minimum absolute atomic E-state index is 0.230. The molecule has 0 bridgehead atoms. The number of H-pyrrole nitrogens is 1. The molecule has 0 aliphatic heterocycles. The van der Waals surface area contributed by atoms with Crippen molar-refractivity contribution >= 4 is 11.3 Å². The first kappa shape index (κ1) is 9.91. The van der Waals surface area contributed by atoms with Gasteiger partial charge < -0.3 is 5.11 Å². The summed E-state index contributed by atoms with van der Waals surface area (Å²) in [5.41, 5.74) is 0.908. The second kappa shape index (κ2) is 3.95. The van der Waals surface area contributed by atoms with Crippen LogP contribution in [0.4, 0.5) is 0 Å². The Morgan fingerprint density at radius 1 is 1.06 bits per heavy atom. The van der Waals surface area contributed by atoms with Crippen LogP contribution >= 0.6 is 11.3 Å². The molecule has 0 aliphatic carbocycles. The third kappa shape index (κ3) is 1.87. The van der Waals surface area contributed by atoms with Crippen molar-refractivity contribution in [1.82, 2.24) is 25.4 Å². The number of hydrogen-bond acceptors (Lipinski definition) is 6. The highest BCUT2D eigenvalue weighted by molar-refractivity contribution is 7.17. The molecule has 0 saturated carbocycles. The minimum Gasteiger partial charge on any atom is -0.508 e. The van der Waals surface area contributed by atoms with Crippen molar-refractivity contribution in [2.45, 2.75) is 0 Å². The first-order chi connectivity index (χ1) is 8.33. The Morgan fingerprint density at radius 3 is 2.53 bits per heavy atom. The fourth-order valence-corrected chi connectivity index (χ4v) is 2.14. The van der Waals surface area contributed by atoms with Gasteiger partial charge in [-0.25, -0.2) is 4.98 Å². The zero-order valence-electron chi connectivity index (χ0n) is 8.53. The lowest BCUT2D eigenvalue weighted by atomic mass is 10.2. The van der Waals surface area contributed by atoms with Gasteiger partial charge in [-0.3, -0.25) is 5.10 Å². The van der Waals surface area contributed by atoms with Crippen molar-refractivity contribution in [2.75, 3.05) is 0 Å². The van der Waals surface area contributed by atoms with Gasteiger partial charge in [-0.05, 0) is 24.3 Å². The van der Waals surface area contributed by atoms with Gasteiger partial charge in [0.05, 0.1) is 0 Å². The summed E-state index contributed by atoms with van der Waals surface area (Å²) in [5, 5.41) is 25.3. The molecule has 3 rings (SSSR count). The maximum absolute atomic E-state index is 9.20. The molecule has 0 unspecified atom stereocenters. The molecule has 0 fully saturated rings. The highest BCUT2D eigenvalue weighted by atomic mass is 32.1. The van der Waals surface area contributed by atoms with E-state index in [1.165, 1.54) is 17.7 Å². The van der Waals surface area contributed by atoms with Crippen LogP contribution in [0.25, 0.3) is 21.4 Å². The summed E-state index contributed by atoms with van der Waals surface area (Å²) in [6, 6.07) is 6.82. The Balaban J connectivity index is 1.98. The van der Waals surface area contributed by atoms with Crippen LogP contribution in [0.5, 0.6) is 5.75 Å². The number of aromatic hydroxyl groups is 1. The van der Waals surface area contributed by atoms with Crippen LogP contribution in [-0.2, 0) is 0 Å². The average molecular weight is 245 g/mol. The maximum atomic E-state index is 9.20. The molecule has 6 nitrogen and oxygen atoms in total. The standard InChI is InChI=1S/C10H7N5OS/c16-7-3-1-6(2-4-7)9-14-15-10(17-9)8-11-5-12-13-8/h1-5,16H,(H,11,12,13). The molecule has 17 heavy (non-hydrogen) atoms. The number of aromatic nitrogens is 5. The van der Waals surface area contributed by atoms with Crippen LogP contribution in [0, 0.1) is 0 Å². The smallest absolute Gasteiger partial charge is 0.186 e. The number of aromatic amines is 1. The molecular weight excluding hydrogens is 238 g/mol. The van der Waals surface area contributed by atoms with E-state index in [2.05, 4.69) is 25.4 Å². The number of hydrogen-bond donors (Lipinski definition) is 2. The molecule has 0 amide bonds. The second-order valence-electron chi connectivity index (χ2n) is 3.29. The first-order valence-electron chi connectivity index (χ1n) is 4.81. The van der Waals surface area contributed by atoms with E-state index in [9.17, 15) is 5.11 Å². The van der Waals surface area contributed by atoms with Crippen molar-refractivity contribution in [3.05, 3.63) is 30.6 Å². The largest absolute Gasteiger partial charge is 0.508 e. The summed E-state index contributed by atoms with van der Waals surface area (Å²) >= 11 is 1.41. The van der Waals surface area contributed by atoms with Gasteiger partial charge in [0.15, 0.2) is 10.8 Å². The zero-order chi connectivity index (χ0) is 11.7. The van der Waals surface area contributed by atoms with Crippen molar-refractivity contribution in [1.29, 1.82) is 0 Å². The topological polar surface area (TPSA) is 87.6 Å². The van der Waals surface area contributed by atoms with Crippen molar-refractivity contribution in [3.63, 3.8) is 0 Å². The first-order valence-corrected chi connectivity index (χ1v) is 5.63. The summed E-state index contributed by atoms with van der Waals surface area (Å²) in [7, 11) is 0. The van der Waals surface area contributed by atoms with Crippen molar-refractivity contribution in [3.8, 4) is 27.2 Å². The molecule has 0 spiro atoms. The monoisotopic (exact) mass is 245 g/mol. The average Bonchev–Trinajstić information content (AvgIpc) is 3.00. The maximum Gasteiger partial charge on any atom is 0.186 e. The summed E-state index contributed by atoms with van der Waals surface area (Å²) in [6.07, 6.45) is 1.43. The molecule has 0 atom stereocenters. The molecule has 84 valence electrons. The summed E-state index contributed by atoms with van der Waals surface area (Å²) in [6.45, 7) is 0. The quantitative estimate of drug-likeness (QED) is 0.717. The van der Waals surface area contributed by atoms with E-state index in [-0.39, 0.29) is 5.75 Å². The van der Waals surface area contributed by atoms with E-state index >= 15 is 0 Å². The molecule has 0 radical (unpaired) electrons. The molecular formula is C10H7N5OS. The van der Waals surface area contributed by atoms with Crippen LogP contribution in [0.15, 0.2) is 30.6 Å². The lowest BCUT2D eigenvalue weighted by Crippen LogP contribution is -1.79. The second-order valence-corrected chi connectivity index (χ2v) is 4.27. The van der Waals surface area contributed by atoms with E-state index < -0.39 is 0 Å². The van der Waals surface area contributed by atoms with Crippen molar-refractivity contribution in [2.24, 2.45) is 0 Å². The Kier molecular flexibility index (Phi) is 2.30. The Hall–Kier alpha value is -2.28. The lowest BCUT2D eigenvalue weighted by Gasteiger charge is -1.94. The van der Waals surface area contributed by atoms with Crippen LogP contribution < -0.4 is 0 Å². The van der Waals surface area contributed by atoms with Crippen LogP contribution in [0.3, 0.4) is 0 Å². The SMILES string of the molecule is Oc1ccc(-c2nnc(-c3ncn[nH]3)s2)cc1. The third-order valence-electron chi connectivity index (χ3n) is 2.16. The molecule has 3 aromatic rings. The Bertz CT molecular complexity index is 616. The van der Waals surface area contributed by atoms with E-state index in [0.717, 1.165) is 10.6 Å². The number of rotatable bonds is 2. The molecule has 0 aliphatic rings. The predicted octanol–water partition coefficient (Wildman–Crippen LogP) is 1.70. The van der Waals surface area contributed by atoms with Crippen LogP contribution in [0.1, 0.15) is 0 Å². The van der Waals surface area contributed by atoms with Gasteiger partial charge in [0.2, 0.25) is 0 Å². The lowest BCUT2D eigenvalue weighted by molar-refractivity contribution is 0.475. The third-order valence-corrected chi connectivity index (χ3v) is 3.14. The number of phenolic OH excluding ortho intramolecular Hbond substituents is 1. The van der Waals surface area contributed by atoms with E-state index in [0.29, 0.717) is 10.8 Å². The summed E-state index contributed by atoms with van der Waals surface area (Å²) < 4.78 is 0. The molecule has 2 N–H and O–H groups in total. The number of nitrogens with one attached hydrogen (secondary N) is 1. The van der Waals surface area contributed by atoms with E-state index in [1.54, 1.807) is 24.3 Å². The molecule has 1 aromatic carbocycles. The zero-order valence-corrected chi connectivity index (χ0v) is 9.35. The normalized spacial score (nSPS) is 10.6. The van der Waals surface area contributed by atoms with Gasteiger partial charge in [-0.1, -0.05) is 11.3 Å². The number of phenols is 1. The molecule has 7 heteroatoms.